The zero-order chi connectivity index (χ0) is 23.0. The first-order chi connectivity index (χ1) is 15.4. The predicted octanol–water partition coefficient (Wildman–Crippen LogP) is 5.49. The highest BCUT2D eigenvalue weighted by molar-refractivity contribution is 6.19. The quantitative estimate of drug-likeness (QED) is 0.325. The number of rotatable bonds is 10. The minimum Gasteiger partial charge on any atom is -0.459 e. The Labute approximate surface area is 193 Å². The molecule has 3 rings (SSSR count). The summed E-state index contributed by atoms with van der Waals surface area (Å²) in [5.74, 6) is 1.53. The maximum atomic E-state index is 13.0. The summed E-state index contributed by atoms with van der Waals surface area (Å²) in [5.41, 5.74) is 0.0685. The predicted molar refractivity (Wildman–Crippen MR) is 125 cm³/mol. The molecule has 0 saturated heterocycles. The molecule has 0 bridgehead atoms. The van der Waals surface area contributed by atoms with Gasteiger partial charge in [0, 0.05) is 24.7 Å². The highest BCUT2D eigenvalue weighted by Crippen LogP contribution is 2.25. The fourth-order valence-electron chi connectivity index (χ4n) is 2.94. The van der Waals surface area contributed by atoms with Crippen LogP contribution < -0.4 is 15.0 Å². The van der Waals surface area contributed by atoms with Gasteiger partial charge in [0.05, 0.1) is 11.7 Å². The Kier molecular flexibility index (Phi) is 7.95. The molecule has 0 fully saturated rings. The van der Waals surface area contributed by atoms with Crippen LogP contribution in [0.1, 0.15) is 30.8 Å². The molecule has 168 valence electrons. The van der Waals surface area contributed by atoms with E-state index in [-0.39, 0.29) is 23.5 Å². The summed E-state index contributed by atoms with van der Waals surface area (Å²) >= 11 is 5.86. The van der Waals surface area contributed by atoms with E-state index in [2.05, 4.69) is 5.32 Å². The number of ether oxygens (including phenoxy) is 1. The van der Waals surface area contributed by atoms with Crippen LogP contribution >= 0.6 is 11.6 Å². The van der Waals surface area contributed by atoms with Crippen molar-refractivity contribution in [3.63, 3.8) is 0 Å². The van der Waals surface area contributed by atoms with Crippen LogP contribution in [0.4, 0.5) is 5.69 Å². The fourth-order valence-corrected chi connectivity index (χ4v) is 3.06. The summed E-state index contributed by atoms with van der Waals surface area (Å²) in [4.78, 5) is 26.9. The molecule has 0 saturated carbocycles. The first-order valence-electron chi connectivity index (χ1n) is 10.4. The number of hydrogen-bond donors (Lipinski definition) is 1. The van der Waals surface area contributed by atoms with E-state index in [4.69, 9.17) is 20.8 Å². The summed E-state index contributed by atoms with van der Waals surface area (Å²) in [6.45, 7) is 4.42. The summed E-state index contributed by atoms with van der Waals surface area (Å²) in [7, 11) is 0. The van der Waals surface area contributed by atoms with E-state index >= 15 is 0 Å². The highest BCUT2D eigenvalue weighted by Gasteiger charge is 2.26. The van der Waals surface area contributed by atoms with Crippen molar-refractivity contribution in [1.82, 2.24) is 5.32 Å². The monoisotopic (exact) mass is 454 g/mol. The number of carbonyl (C=O) groups excluding carboxylic acids is 2. The van der Waals surface area contributed by atoms with E-state index in [1.165, 1.54) is 6.26 Å². The van der Waals surface area contributed by atoms with Gasteiger partial charge in [-0.1, -0.05) is 18.2 Å². The number of anilines is 1. The van der Waals surface area contributed by atoms with Crippen LogP contribution in [0.3, 0.4) is 0 Å². The summed E-state index contributed by atoms with van der Waals surface area (Å²) in [6, 6.07) is 20.1. The summed E-state index contributed by atoms with van der Waals surface area (Å²) in [6.07, 6.45) is 2.04. The van der Waals surface area contributed by atoms with Crippen molar-refractivity contribution in [2.75, 3.05) is 23.9 Å². The number of nitrogens with one attached hydrogen (secondary N) is 1. The van der Waals surface area contributed by atoms with E-state index in [9.17, 15) is 9.59 Å². The average Bonchev–Trinajstić information content (AvgIpc) is 3.35. The number of hydrogen-bond acceptors (Lipinski definition) is 4. The molecule has 0 radical (unpaired) electrons. The Morgan fingerprint density at radius 3 is 2.31 bits per heavy atom. The molecule has 2 amide bonds. The second kappa shape index (κ2) is 10.9. The smallest absolute Gasteiger partial charge is 0.293 e. The van der Waals surface area contributed by atoms with Crippen molar-refractivity contribution in [2.24, 2.45) is 5.41 Å². The van der Waals surface area contributed by atoms with Gasteiger partial charge >= 0.3 is 0 Å². The van der Waals surface area contributed by atoms with E-state index < -0.39 is 5.41 Å². The second-order valence-electron chi connectivity index (χ2n) is 7.97. The third-order valence-electron chi connectivity index (χ3n) is 4.90. The Bertz CT molecular complexity index is 1000. The number of benzene rings is 2. The molecule has 0 atom stereocenters. The van der Waals surface area contributed by atoms with Crippen LogP contribution in [-0.4, -0.2) is 30.8 Å². The molecule has 1 N–H and O–H groups in total. The average molecular weight is 455 g/mol. The van der Waals surface area contributed by atoms with Gasteiger partial charge in [-0.15, -0.1) is 11.6 Å². The molecule has 2 aromatic carbocycles. The number of carbonyl (C=O) groups is 2. The van der Waals surface area contributed by atoms with Crippen molar-refractivity contribution in [3.05, 3.63) is 78.8 Å². The lowest BCUT2D eigenvalue weighted by atomic mass is 9.95. The van der Waals surface area contributed by atoms with Crippen molar-refractivity contribution in [2.45, 2.75) is 20.3 Å². The summed E-state index contributed by atoms with van der Waals surface area (Å²) in [5, 5.41) is 2.89. The first-order valence-corrected chi connectivity index (χ1v) is 11.0. The number of amides is 2. The van der Waals surface area contributed by atoms with Gasteiger partial charge in [-0.05, 0) is 68.8 Å². The third kappa shape index (κ3) is 6.14. The Morgan fingerprint density at radius 1 is 1.00 bits per heavy atom. The summed E-state index contributed by atoms with van der Waals surface area (Å²) < 4.78 is 11.1. The van der Waals surface area contributed by atoms with E-state index in [0.717, 1.165) is 5.75 Å². The van der Waals surface area contributed by atoms with Crippen LogP contribution in [-0.2, 0) is 4.79 Å². The molecule has 1 aromatic heterocycles. The van der Waals surface area contributed by atoms with Crippen LogP contribution in [0.15, 0.2) is 77.4 Å². The molecular weight excluding hydrogens is 428 g/mol. The Morgan fingerprint density at radius 2 is 1.69 bits per heavy atom. The maximum Gasteiger partial charge on any atom is 0.293 e. The minimum absolute atomic E-state index is 0.112. The van der Waals surface area contributed by atoms with Gasteiger partial charge in [-0.3, -0.25) is 9.59 Å². The maximum absolute atomic E-state index is 13.0. The van der Waals surface area contributed by atoms with Gasteiger partial charge in [0.15, 0.2) is 5.76 Å². The van der Waals surface area contributed by atoms with Crippen molar-refractivity contribution in [1.29, 1.82) is 0 Å². The van der Waals surface area contributed by atoms with Crippen LogP contribution in [0.2, 0.25) is 0 Å². The lowest BCUT2D eigenvalue weighted by Crippen LogP contribution is -2.40. The van der Waals surface area contributed by atoms with Crippen molar-refractivity contribution in [3.8, 4) is 11.5 Å². The van der Waals surface area contributed by atoms with Crippen LogP contribution in [0, 0.1) is 5.41 Å². The van der Waals surface area contributed by atoms with E-state index in [0.29, 0.717) is 30.9 Å². The van der Waals surface area contributed by atoms with E-state index in [1.54, 1.807) is 30.9 Å². The minimum atomic E-state index is -0.639. The topological polar surface area (TPSA) is 71.8 Å². The molecule has 3 aromatic rings. The standard InChI is InChI=1S/C25H27ClN2O4/c1-25(2,18-26)24(30)27-15-7-16-28(23(29)22-10-6-17-31-22)19-11-13-21(14-12-19)32-20-8-4-3-5-9-20/h3-6,8-14,17H,7,15-16,18H2,1-2H3,(H,27,30). The molecule has 1 heterocycles. The molecule has 0 aliphatic rings. The van der Waals surface area contributed by atoms with E-state index in [1.807, 2.05) is 54.6 Å². The molecule has 0 aliphatic heterocycles. The first kappa shape index (κ1) is 23.4. The van der Waals surface area contributed by atoms with Gasteiger partial charge in [0.2, 0.25) is 5.91 Å². The van der Waals surface area contributed by atoms with Crippen molar-refractivity contribution < 1.29 is 18.7 Å². The molecule has 6 nitrogen and oxygen atoms in total. The highest BCUT2D eigenvalue weighted by atomic mass is 35.5. The Hall–Kier alpha value is -3.25. The van der Waals surface area contributed by atoms with Gasteiger partial charge in [0.25, 0.3) is 5.91 Å². The zero-order valence-electron chi connectivity index (χ0n) is 18.2. The largest absolute Gasteiger partial charge is 0.459 e. The van der Waals surface area contributed by atoms with Crippen molar-refractivity contribution >= 4 is 29.1 Å². The molecule has 0 unspecified atom stereocenters. The normalized spacial score (nSPS) is 11.1. The molecule has 0 spiro atoms. The second-order valence-corrected chi connectivity index (χ2v) is 8.24. The zero-order valence-corrected chi connectivity index (χ0v) is 19.0. The third-order valence-corrected chi connectivity index (χ3v) is 5.57. The van der Waals surface area contributed by atoms with Crippen LogP contribution in [0.5, 0.6) is 11.5 Å². The number of alkyl halides is 1. The number of halogens is 1. The fraction of sp³-hybridized carbons (Fsp3) is 0.280. The lowest BCUT2D eigenvalue weighted by Gasteiger charge is -2.23. The van der Waals surface area contributed by atoms with Gasteiger partial charge < -0.3 is 19.4 Å². The van der Waals surface area contributed by atoms with Gasteiger partial charge in [-0.25, -0.2) is 0 Å². The molecule has 32 heavy (non-hydrogen) atoms. The Balaban J connectivity index is 1.67. The van der Waals surface area contributed by atoms with Crippen LogP contribution in [0.25, 0.3) is 0 Å². The SMILES string of the molecule is CC(C)(CCl)C(=O)NCCCN(C(=O)c1ccco1)c1ccc(Oc2ccccc2)cc1. The number of para-hydroxylation sites is 1. The number of nitrogens with zero attached hydrogens (tertiary/aromatic N) is 1. The molecular formula is C25H27ClN2O4. The number of furan rings is 1. The van der Waals surface area contributed by atoms with Gasteiger partial charge in [0.1, 0.15) is 11.5 Å². The van der Waals surface area contributed by atoms with Gasteiger partial charge in [-0.2, -0.15) is 0 Å². The molecule has 7 heteroatoms. The lowest BCUT2D eigenvalue weighted by molar-refractivity contribution is -0.128. The molecule has 0 aliphatic carbocycles.